The number of benzene rings is 4. The third kappa shape index (κ3) is 6.48. The van der Waals surface area contributed by atoms with Gasteiger partial charge in [0.2, 0.25) is 21.8 Å². The van der Waals surface area contributed by atoms with Crippen LogP contribution in [0.3, 0.4) is 0 Å². The lowest BCUT2D eigenvalue weighted by Crippen LogP contribution is -2.50. The van der Waals surface area contributed by atoms with Gasteiger partial charge in [0.1, 0.15) is 35.9 Å². The predicted molar refractivity (Wildman–Crippen MR) is 158 cm³/mol. The largest absolute Gasteiger partial charge is 0.497 e. The van der Waals surface area contributed by atoms with Gasteiger partial charge in [0.25, 0.3) is 0 Å². The molecule has 3 unspecified atom stereocenters. The Balaban J connectivity index is 1.42. The highest BCUT2D eigenvalue weighted by Crippen LogP contribution is 2.43. The summed E-state index contributed by atoms with van der Waals surface area (Å²) in [6.45, 7) is 1.93. The Bertz CT molecular complexity index is 1730. The zero-order valence-corrected chi connectivity index (χ0v) is 24.8. The van der Waals surface area contributed by atoms with Crippen molar-refractivity contribution in [1.29, 1.82) is 0 Å². The van der Waals surface area contributed by atoms with Gasteiger partial charge in [-0.05, 0) is 83.8 Å². The number of ether oxygens (including phenoxy) is 2. The lowest BCUT2D eigenvalue weighted by atomic mass is 9.83. The number of likely N-dealkylation sites (tertiary alicyclic amines) is 1. The number of sulfonamides is 1. The van der Waals surface area contributed by atoms with Crippen LogP contribution in [-0.2, 0) is 26.2 Å². The van der Waals surface area contributed by atoms with E-state index in [0.29, 0.717) is 23.5 Å². The first-order valence-electron chi connectivity index (χ1n) is 13.9. The van der Waals surface area contributed by atoms with Gasteiger partial charge >= 0.3 is 0 Å². The summed E-state index contributed by atoms with van der Waals surface area (Å²) in [5.41, 5.74) is 1.84. The fourth-order valence-corrected chi connectivity index (χ4v) is 6.44. The van der Waals surface area contributed by atoms with Crippen molar-refractivity contribution in [3.63, 3.8) is 0 Å². The van der Waals surface area contributed by atoms with E-state index in [1.54, 1.807) is 38.3 Å². The summed E-state index contributed by atoms with van der Waals surface area (Å²) in [6.07, 6.45) is -1.15. The summed E-state index contributed by atoms with van der Waals surface area (Å²) in [5.74, 6) is -3.11. The van der Waals surface area contributed by atoms with E-state index < -0.39 is 51.5 Å². The molecule has 3 atom stereocenters. The van der Waals surface area contributed by atoms with E-state index in [1.165, 1.54) is 24.3 Å². The number of hydrogen-bond acceptors (Lipinski definition) is 6. The molecule has 1 aliphatic rings. The average molecular weight is 621 g/mol. The smallest absolute Gasteiger partial charge is 0.242 e. The third-order valence-electron chi connectivity index (χ3n) is 7.49. The molecule has 228 valence electrons. The van der Waals surface area contributed by atoms with Crippen LogP contribution < -0.4 is 14.2 Å². The van der Waals surface area contributed by atoms with Gasteiger partial charge in [-0.15, -0.1) is 0 Å². The molecule has 8 nitrogen and oxygen atoms in total. The van der Waals surface area contributed by atoms with E-state index in [2.05, 4.69) is 4.72 Å². The first kappa shape index (κ1) is 30.8. The first-order chi connectivity index (χ1) is 21.1. The van der Waals surface area contributed by atoms with E-state index in [9.17, 15) is 26.8 Å². The van der Waals surface area contributed by atoms with Crippen LogP contribution in [-0.4, -0.2) is 38.4 Å². The molecule has 1 heterocycles. The Labute approximate surface area is 254 Å². The number of hydrogen-bond donors (Lipinski definition) is 1. The van der Waals surface area contributed by atoms with E-state index in [1.807, 2.05) is 24.3 Å². The van der Waals surface area contributed by atoms with Gasteiger partial charge in [-0.25, -0.2) is 17.2 Å². The molecule has 0 bridgehead atoms. The van der Waals surface area contributed by atoms with Crippen molar-refractivity contribution in [2.24, 2.45) is 0 Å². The van der Waals surface area contributed by atoms with Crippen molar-refractivity contribution in [1.82, 2.24) is 9.62 Å². The van der Waals surface area contributed by atoms with Gasteiger partial charge in [0.15, 0.2) is 0 Å². The highest BCUT2D eigenvalue weighted by atomic mass is 32.2. The van der Waals surface area contributed by atoms with E-state index >= 15 is 0 Å². The number of methoxy groups -OCH3 is 1. The van der Waals surface area contributed by atoms with Gasteiger partial charge in [0.05, 0.1) is 23.8 Å². The normalized spacial score (nSPS) is 17.5. The van der Waals surface area contributed by atoms with Crippen LogP contribution in [0.25, 0.3) is 0 Å². The zero-order valence-electron chi connectivity index (χ0n) is 23.9. The molecule has 1 N–H and O–H groups in total. The highest BCUT2D eigenvalue weighted by Gasteiger charge is 2.51. The molecule has 0 spiro atoms. The molecular formula is C33H30F2N2O6S. The molecule has 4 aromatic carbocycles. The molecule has 0 saturated carbocycles. The molecule has 2 amide bonds. The maximum Gasteiger partial charge on any atom is 0.242 e. The molecule has 5 rings (SSSR count). The molecule has 44 heavy (non-hydrogen) atoms. The Morgan fingerprint density at radius 1 is 0.750 bits per heavy atom. The molecule has 4 aromatic rings. The lowest BCUT2D eigenvalue weighted by Gasteiger charge is -2.26. The molecule has 1 saturated heterocycles. The van der Waals surface area contributed by atoms with Crippen molar-refractivity contribution < 1.29 is 36.3 Å². The third-order valence-corrected chi connectivity index (χ3v) is 8.96. The van der Waals surface area contributed by atoms with Gasteiger partial charge in [0, 0.05) is 0 Å². The van der Waals surface area contributed by atoms with Crippen LogP contribution in [0.15, 0.2) is 102 Å². The molecule has 0 aromatic heterocycles. The Hall–Kier alpha value is -4.61. The summed E-state index contributed by atoms with van der Waals surface area (Å²) in [4.78, 5) is 28.6. The number of amides is 2. The second-order valence-electron chi connectivity index (χ2n) is 10.3. The maximum absolute atomic E-state index is 14.0. The fraction of sp³-hybridized carbons (Fsp3) is 0.212. The van der Waals surface area contributed by atoms with Gasteiger partial charge < -0.3 is 9.47 Å². The maximum atomic E-state index is 14.0. The van der Waals surface area contributed by atoms with Crippen molar-refractivity contribution in [3.05, 3.63) is 125 Å². The zero-order chi connectivity index (χ0) is 31.4. The Morgan fingerprint density at radius 2 is 1.23 bits per heavy atom. The van der Waals surface area contributed by atoms with E-state index in [4.69, 9.17) is 9.47 Å². The van der Waals surface area contributed by atoms with Crippen LogP contribution in [0.1, 0.15) is 41.9 Å². The van der Waals surface area contributed by atoms with Crippen molar-refractivity contribution >= 4 is 21.8 Å². The predicted octanol–water partition coefficient (Wildman–Crippen LogP) is 5.50. The Kier molecular flexibility index (Phi) is 9.07. The standard InChI is InChI=1S/C33H30F2N2O6S/c1-3-29(36-44(40,41)28-18-12-25(35)13-19-28)37-32(38)30(22-6-10-24(34)11-7-22)31(33(37)39)23-8-16-27(17-9-23)43-20-21-4-14-26(42-2)15-5-21/h4-19,29-31,36H,3,20H2,1-2H3. The van der Waals surface area contributed by atoms with Crippen LogP contribution in [0, 0.1) is 11.6 Å². The number of rotatable bonds is 11. The van der Waals surface area contributed by atoms with Gasteiger partial charge in [-0.3, -0.25) is 14.5 Å². The van der Waals surface area contributed by atoms with Crippen molar-refractivity contribution in [3.8, 4) is 11.5 Å². The fourth-order valence-electron chi connectivity index (χ4n) is 5.18. The van der Waals surface area contributed by atoms with Crippen LogP contribution >= 0.6 is 0 Å². The van der Waals surface area contributed by atoms with Crippen LogP contribution in [0.4, 0.5) is 8.78 Å². The minimum absolute atomic E-state index is 0.0684. The quantitative estimate of drug-likeness (QED) is 0.222. The van der Waals surface area contributed by atoms with Crippen LogP contribution in [0.5, 0.6) is 11.5 Å². The van der Waals surface area contributed by atoms with Gasteiger partial charge in [-0.1, -0.05) is 43.3 Å². The SMILES string of the molecule is CCC(NS(=O)(=O)c1ccc(F)cc1)N1C(=O)C(c2ccc(F)cc2)C(c2ccc(OCc3ccc(OC)cc3)cc2)C1=O. The topological polar surface area (TPSA) is 102 Å². The molecule has 11 heteroatoms. The summed E-state index contributed by atoms with van der Waals surface area (Å²) in [7, 11) is -2.63. The minimum Gasteiger partial charge on any atom is -0.497 e. The number of carbonyl (C=O) groups is 2. The number of carbonyl (C=O) groups excluding carboxylic acids is 2. The number of imide groups is 1. The first-order valence-corrected chi connectivity index (χ1v) is 15.4. The molecule has 1 fully saturated rings. The molecule has 0 aliphatic carbocycles. The van der Waals surface area contributed by atoms with Gasteiger partial charge in [-0.2, -0.15) is 4.72 Å². The minimum atomic E-state index is -4.22. The van der Waals surface area contributed by atoms with Crippen LogP contribution in [0.2, 0.25) is 0 Å². The Morgan fingerprint density at radius 3 is 1.73 bits per heavy atom. The summed E-state index contributed by atoms with van der Waals surface area (Å²) in [6, 6.07) is 23.7. The van der Waals surface area contributed by atoms with E-state index in [-0.39, 0.29) is 11.3 Å². The van der Waals surface area contributed by atoms with Crippen molar-refractivity contribution in [2.45, 2.75) is 42.8 Å². The second-order valence-corrected chi connectivity index (χ2v) is 12.0. The highest BCUT2D eigenvalue weighted by molar-refractivity contribution is 7.89. The summed E-state index contributed by atoms with van der Waals surface area (Å²) in [5, 5.41) is 0. The second kappa shape index (κ2) is 12.9. The number of nitrogens with one attached hydrogen (secondary N) is 1. The monoisotopic (exact) mass is 620 g/mol. The van der Waals surface area contributed by atoms with Crippen molar-refractivity contribution in [2.75, 3.05) is 7.11 Å². The molecular weight excluding hydrogens is 590 g/mol. The van der Waals surface area contributed by atoms with E-state index in [0.717, 1.165) is 40.5 Å². The summed E-state index contributed by atoms with van der Waals surface area (Å²) < 4.78 is 66.9. The average Bonchev–Trinajstić information content (AvgIpc) is 3.29. The lowest BCUT2D eigenvalue weighted by molar-refractivity contribution is -0.142. The summed E-state index contributed by atoms with van der Waals surface area (Å²) >= 11 is 0. The molecule has 0 radical (unpaired) electrons. The number of nitrogens with zero attached hydrogens (tertiary/aromatic N) is 1. The molecule has 1 aliphatic heterocycles. The number of halogens is 2.